The van der Waals surface area contributed by atoms with Gasteiger partial charge in [0.1, 0.15) is 11.8 Å². The number of aromatic nitrogens is 1. The van der Waals surface area contributed by atoms with E-state index in [2.05, 4.69) is 10.3 Å². The standard InChI is InChI=1S/C27H37N5O4/c1-27(2,3)15-24(33)31(17-19-7-5-9-22(13-19)36-4)21-14-23(25(34)30-12-10-28)32(18-21)26(35)20-8-6-11-29-16-20/h5-9,11,13,16,21,23H,10,12,14-15,17-18,28H2,1-4H3,(H,30,34). The summed E-state index contributed by atoms with van der Waals surface area (Å²) in [6.07, 6.45) is 3.76. The van der Waals surface area contributed by atoms with Crippen molar-refractivity contribution >= 4 is 17.7 Å². The van der Waals surface area contributed by atoms with Crippen LogP contribution in [0.3, 0.4) is 0 Å². The van der Waals surface area contributed by atoms with Gasteiger partial charge >= 0.3 is 0 Å². The number of likely N-dealkylation sites (tertiary alicyclic amines) is 1. The minimum absolute atomic E-state index is 0.0212. The van der Waals surface area contributed by atoms with Crippen LogP contribution in [0.2, 0.25) is 0 Å². The van der Waals surface area contributed by atoms with E-state index in [0.717, 1.165) is 5.56 Å². The molecule has 1 aromatic heterocycles. The van der Waals surface area contributed by atoms with Gasteiger partial charge in [0.2, 0.25) is 11.8 Å². The van der Waals surface area contributed by atoms with Gasteiger partial charge in [-0.1, -0.05) is 32.9 Å². The second-order valence-electron chi connectivity index (χ2n) is 10.3. The molecule has 1 aromatic carbocycles. The summed E-state index contributed by atoms with van der Waals surface area (Å²) in [7, 11) is 1.60. The van der Waals surface area contributed by atoms with Gasteiger partial charge in [-0.15, -0.1) is 0 Å². The molecule has 0 bridgehead atoms. The van der Waals surface area contributed by atoms with Gasteiger partial charge in [-0.25, -0.2) is 0 Å². The fourth-order valence-electron chi connectivity index (χ4n) is 4.42. The van der Waals surface area contributed by atoms with Crippen LogP contribution in [0.25, 0.3) is 0 Å². The smallest absolute Gasteiger partial charge is 0.256 e. The molecule has 1 aliphatic heterocycles. The summed E-state index contributed by atoms with van der Waals surface area (Å²) in [6.45, 7) is 7.26. The van der Waals surface area contributed by atoms with Crippen LogP contribution >= 0.6 is 0 Å². The van der Waals surface area contributed by atoms with Gasteiger partial charge in [0, 0.05) is 45.0 Å². The first kappa shape index (κ1) is 27.1. The van der Waals surface area contributed by atoms with E-state index in [4.69, 9.17) is 10.5 Å². The van der Waals surface area contributed by atoms with E-state index in [1.54, 1.807) is 35.2 Å². The molecular formula is C27H37N5O4. The largest absolute Gasteiger partial charge is 0.497 e. The first-order valence-electron chi connectivity index (χ1n) is 12.2. The first-order chi connectivity index (χ1) is 17.1. The number of hydrogen-bond acceptors (Lipinski definition) is 6. The normalized spacial score (nSPS) is 17.5. The van der Waals surface area contributed by atoms with Crippen molar-refractivity contribution in [2.24, 2.45) is 11.1 Å². The molecule has 9 heteroatoms. The van der Waals surface area contributed by atoms with Crippen LogP contribution in [-0.2, 0) is 16.1 Å². The fraction of sp³-hybridized carbons (Fsp3) is 0.481. The molecule has 2 aromatic rings. The topological polar surface area (TPSA) is 118 Å². The van der Waals surface area contributed by atoms with Crippen LogP contribution in [0.5, 0.6) is 5.75 Å². The number of rotatable bonds is 9. The molecule has 1 fully saturated rings. The minimum atomic E-state index is -0.718. The summed E-state index contributed by atoms with van der Waals surface area (Å²) in [5.74, 6) is 0.120. The van der Waals surface area contributed by atoms with Crippen molar-refractivity contribution < 1.29 is 19.1 Å². The van der Waals surface area contributed by atoms with E-state index in [-0.39, 0.29) is 35.7 Å². The lowest BCUT2D eigenvalue weighted by Crippen LogP contribution is -2.47. The van der Waals surface area contributed by atoms with Crippen molar-refractivity contribution in [2.45, 2.75) is 52.2 Å². The summed E-state index contributed by atoms with van der Waals surface area (Å²) < 4.78 is 5.36. The second kappa shape index (κ2) is 12.0. The Morgan fingerprint density at radius 2 is 2.00 bits per heavy atom. The number of amides is 3. The lowest BCUT2D eigenvalue weighted by Gasteiger charge is -2.32. The molecule has 3 amide bonds. The lowest BCUT2D eigenvalue weighted by molar-refractivity contribution is -0.136. The third-order valence-electron chi connectivity index (χ3n) is 6.12. The molecule has 1 saturated heterocycles. The predicted octanol–water partition coefficient (Wildman–Crippen LogP) is 2.21. The zero-order valence-corrected chi connectivity index (χ0v) is 21.6. The number of nitrogens with zero attached hydrogens (tertiary/aromatic N) is 3. The van der Waals surface area contributed by atoms with Gasteiger partial charge < -0.3 is 25.6 Å². The van der Waals surface area contributed by atoms with Gasteiger partial charge in [0.15, 0.2) is 0 Å². The maximum absolute atomic E-state index is 13.6. The van der Waals surface area contributed by atoms with Gasteiger partial charge in [0.05, 0.1) is 18.7 Å². The highest BCUT2D eigenvalue weighted by molar-refractivity contribution is 5.98. The van der Waals surface area contributed by atoms with Crippen molar-refractivity contribution in [1.82, 2.24) is 20.1 Å². The highest BCUT2D eigenvalue weighted by Gasteiger charge is 2.43. The summed E-state index contributed by atoms with van der Waals surface area (Å²) in [4.78, 5) is 47.4. The molecule has 2 heterocycles. The van der Waals surface area contributed by atoms with Crippen molar-refractivity contribution in [3.8, 4) is 5.75 Å². The molecule has 194 valence electrons. The van der Waals surface area contributed by atoms with Crippen molar-refractivity contribution in [3.05, 3.63) is 59.9 Å². The quantitative estimate of drug-likeness (QED) is 0.551. The average molecular weight is 496 g/mol. The zero-order valence-electron chi connectivity index (χ0n) is 21.6. The van der Waals surface area contributed by atoms with Crippen LogP contribution in [0.15, 0.2) is 48.8 Å². The van der Waals surface area contributed by atoms with Crippen molar-refractivity contribution in [2.75, 3.05) is 26.7 Å². The van der Waals surface area contributed by atoms with Gasteiger partial charge in [-0.05, 0) is 41.7 Å². The van der Waals surface area contributed by atoms with Crippen molar-refractivity contribution in [3.63, 3.8) is 0 Å². The van der Waals surface area contributed by atoms with Crippen LogP contribution in [-0.4, -0.2) is 71.3 Å². The van der Waals surface area contributed by atoms with Gasteiger partial charge in [-0.2, -0.15) is 0 Å². The molecule has 36 heavy (non-hydrogen) atoms. The molecule has 2 unspecified atom stereocenters. The van der Waals surface area contributed by atoms with E-state index in [1.807, 2.05) is 45.0 Å². The Hall–Kier alpha value is -3.46. The Labute approximate surface area is 213 Å². The van der Waals surface area contributed by atoms with Crippen LogP contribution < -0.4 is 15.8 Å². The van der Waals surface area contributed by atoms with Crippen LogP contribution in [0.4, 0.5) is 0 Å². The van der Waals surface area contributed by atoms with Gasteiger partial charge in [-0.3, -0.25) is 19.4 Å². The molecule has 9 nitrogen and oxygen atoms in total. The van der Waals surface area contributed by atoms with E-state index in [1.165, 1.54) is 6.20 Å². The Bertz CT molecular complexity index is 1050. The summed E-state index contributed by atoms with van der Waals surface area (Å²) in [6, 6.07) is 9.89. The highest BCUT2D eigenvalue weighted by atomic mass is 16.5. The highest BCUT2D eigenvalue weighted by Crippen LogP contribution is 2.29. The summed E-state index contributed by atoms with van der Waals surface area (Å²) >= 11 is 0. The minimum Gasteiger partial charge on any atom is -0.497 e. The zero-order chi connectivity index (χ0) is 26.3. The average Bonchev–Trinajstić information content (AvgIpc) is 3.30. The number of methoxy groups -OCH3 is 1. The Morgan fingerprint density at radius 1 is 1.22 bits per heavy atom. The molecule has 0 saturated carbocycles. The number of carbonyl (C=O) groups is 3. The first-order valence-corrected chi connectivity index (χ1v) is 12.2. The maximum atomic E-state index is 13.6. The monoisotopic (exact) mass is 495 g/mol. The summed E-state index contributed by atoms with van der Waals surface area (Å²) in [5.41, 5.74) is 6.67. The van der Waals surface area contributed by atoms with Crippen LogP contribution in [0, 0.1) is 5.41 Å². The van der Waals surface area contributed by atoms with Gasteiger partial charge in [0.25, 0.3) is 5.91 Å². The third kappa shape index (κ3) is 7.04. The molecule has 3 rings (SSSR count). The molecule has 0 aliphatic carbocycles. The Kier molecular flexibility index (Phi) is 9.03. The molecular weight excluding hydrogens is 458 g/mol. The number of carbonyl (C=O) groups excluding carboxylic acids is 3. The molecule has 2 atom stereocenters. The van der Waals surface area contributed by atoms with Crippen LogP contribution in [0.1, 0.15) is 49.5 Å². The van der Waals surface area contributed by atoms with E-state index in [9.17, 15) is 14.4 Å². The fourth-order valence-corrected chi connectivity index (χ4v) is 4.42. The number of benzene rings is 1. The molecule has 0 spiro atoms. The van der Waals surface area contributed by atoms with E-state index in [0.29, 0.717) is 43.8 Å². The van der Waals surface area contributed by atoms with Crippen molar-refractivity contribution in [1.29, 1.82) is 0 Å². The SMILES string of the molecule is COc1cccc(CN(C(=O)CC(C)(C)C)C2CC(C(=O)NCCN)N(C(=O)c3cccnc3)C2)c1. The number of pyridine rings is 1. The third-order valence-corrected chi connectivity index (χ3v) is 6.12. The number of nitrogens with two attached hydrogens (primary N) is 1. The molecule has 0 radical (unpaired) electrons. The Balaban J connectivity index is 1.93. The number of hydrogen-bond donors (Lipinski definition) is 2. The van der Waals surface area contributed by atoms with E-state index >= 15 is 0 Å². The Morgan fingerprint density at radius 3 is 2.64 bits per heavy atom. The lowest BCUT2D eigenvalue weighted by atomic mass is 9.91. The predicted molar refractivity (Wildman–Crippen MR) is 137 cm³/mol. The summed E-state index contributed by atoms with van der Waals surface area (Å²) in [5, 5.41) is 2.81. The maximum Gasteiger partial charge on any atom is 0.256 e. The number of ether oxygens (including phenoxy) is 1. The molecule has 1 aliphatic rings. The molecule has 3 N–H and O–H groups in total. The number of nitrogens with one attached hydrogen (secondary N) is 1. The second-order valence-corrected chi connectivity index (χ2v) is 10.3. The van der Waals surface area contributed by atoms with E-state index < -0.39 is 6.04 Å².